The molecule has 0 radical (unpaired) electrons. The van der Waals surface area contributed by atoms with Crippen LogP contribution in [0.5, 0.6) is 0 Å². The quantitative estimate of drug-likeness (QED) is 0.520. The van der Waals surface area contributed by atoms with Crippen molar-refractivity contribution in [2.24, 2.45) is 10.1 Å². The van der Waals surface area contributed by atoms with Gasteiger partial charge in [-0.2, -0.15) is 0 Å². The average molecular weight is 358 g/mol. The Morgan fingerprint density at radius 3 is 2.83 bits per heavy atom. The SMILES string of the molecule is CN=C(NCc1ccc(S(N)(=O)=O)s1)NC1CCN(C2CC2)C1. The molecule has 0 bridgehead atoms. The average Bonchev–Trinajstić information content (AvgIpc) is 3.05. The van der Waals surface area contributed by atoms with Gasteiger partial charge in [-0.05, 0) is 31.4 Å². The summed E-state index contributed by atoms with van der Waals surface area (Å²) in [4.78, 5) is 7.70. The van der Waals surface area contributed by atoms with Crippen molar-refractivity contribution in [2.75, 3.05) is 20.1 Å². The summed E-state index contributed by atoms with van der Waals surface area (Å²) in [5.74, 6) is 0.748. The Morgan fingerprint density at radius 1 is 1.43 bits per heavy atom. The molecular formula is C14H23N5O2S2. The first kappa shape index (κ1) is 16.7. The summed E-state index contributed by atoms with van der Waals surface area (Å²) in [6, 6.07) is 4.54. The van der Waals surface area contributed by atoms with E-state index < -0.39 is 10.0 Å². The Balaban J connectivity index is 1.49. The molecule has 0 amide bonds. The molecule has 128 valence electrons. The third-order valence-electron chi connectivity index (χ3n) is 4.19. The Hall–Kier alpha value is -1.16. The minimum absolute atomic E-state index is 0.188. The molecule has 2 aliphatic rings. The van der Waals surface area contributed by atoms with Gasteiger partial charge in [0.25, 0.3) is 0 Å². The van der Waals surface area contributed by atoms with Gasteiger partial charge in [-0.1, -0.05) is 0 Å². The zero-order valence-electron chi connectivity index (χ0n) is 13.2. The van der Waals surface area contributed by atoms with E-state index in [9.17, 15) is 8.42 Å². The topological polar surface area (TPSA) is 99.8 Å². The van der Waals surface area contributed by atoms with Crippen LogP contribution in [0.15, 0.2) is 21.3 Å². The van der Waals surface area contributed by atoms with Gasteiger partial charge in [-0.3, -0.25) is 9.89 Å². The van der Waals surface area contributed by atoms with Gasteiger partial charge in [-0.25, -0.2) is 13.6 Å². The van der Waals surface area contributed by atoms with Crippen molar-refractivity contribution in [1.29, 1.82) is 0 Å². The number of nitrogens with zero attached hydrogens (tertiary/aromatic N) is 2. The lowest BCUT2D eigenvalue weighted by molar-refractivity contribution is 0.321. The van der Waals surface area contributed by atoms with Crippen LogP contribution in [0.1, 0.15) is 24.1 Å². The number of nitrogens with one attached hydrogen (secondary N) is 2. The van der Waals surface area contributed by atoms with Gasteiger partial charge < -0.3 is 10.6 Å². The zero-order chi connectivity index (χ0) is 16.4. The van der Waals surface area contributed by atoms with Crippen LogP contribution in [0.3, 0.4) is 0 Å². The molecule has 23 heavy (non-hydrogen) atoms. The second kappa shape index (κ2) is 6.76. The Morgan fingerprint density at radius 2 is 2.22 bits per heavy atom. The normalized spacial score (nSPS) is 23.2. The fraction of sp³-hybridized carbons (Fsp3) is 0.643. The number of rotatable bonds is 5. The number of thiophene rings is 1. The highest BCUT2D eigenvalue weighted by molar-refractivity contribution is 7.91. The molecule has 1 saturated carbocycles. The number of aliphatic imine (C=N–C) groups is 1. The van der Waals surface area contributed by atoms with E-state index in [1.165, 1.54) is 30.2 Å². The Bertz CT molecular complexity index is 681. The van der Waals surface area contributed by atoms with Crippen molar-refractivity contribution >= 4 is 27.3 Å². The fourth-order valence-corrected chi connectivity index (χ4v) is 4.56. The van der Waals surface area contributed by atoms with Crippen molar-refractivity contribution in [3.05, 3.63) is 17.0 Å². The van der Waals surface area contributed by atoms with Crippen LogP contribution < -0.4 is 15.8 Å². The van der Waals surface area contributed by atoms with Gasteiger partial charge in [0.1, 0.15) is 4.21 Å². The lowest BCUT2D eigenvalue weighted by Gasteiger charge is -2.18. The van der Waals surface area contributed by atoms with E-state index >= 15 is 0 Å². The van der Waals surface area contributed by atoms with E-state index in [1.54, 1.807) is 13.1 Å². The predicted octanol–water partition coefficient (Wildman–Crippen LogP) is 0.297. The molecule has 1 unspecified atom stereocenters. The number of primary sulfonamides is 1. The molecule has 1 saturated heterocycles. The number of guanidine groups is 1. The molecule has 1 aliphatic carbocycles. The maximum atomic E-state index is 11.3. The molecular weight excluding hydrogens is 334 g/mol. The first-order chi connectivity index (χ1) is 11.0. The second-order valence-corrected chi connectivity index (χ2v) is 9.00. The summed E-state index contributed by atoms with van der Waals surface area (Å²) in [5.41, 5.74) is 0. The number of hydrogen-bond acceptors (Lipinski definition) is 5. The summed E-state index contributed by atoms with van der Waals surface area (Å²) in [7, 11) is -1.87. The monoisotopic (exact) mass is 357 g/mol. The Kier molecular flexibility index (Phi) is 4.90. The number of hydrogen-bond donors (Lipinski definition) is 3. The molecule has 1 aromatic rings. The van der Waals surface area contributed by atoms with Crippen LogP contribution in [-0.4, -0.2) is 51.5 Å². The summed E-state index contributed by atoms with van der Waals surface area (Å²) in [6.45, 7) is 2.75. The molecule has 1 atom stereocenters. The van der Waals surface area contributed by atoms with Crippen LogP contribution in [0.4, 0.5) is 0 Å². The third-order valence-corrected chi connectivity index (χ3v) is 6.72. The largest absolute Gasteiger partial charge is 0.352 e. The molecule has 0 aromatic carbocycles. The molecule has 2 heterocycles. The predicted molar refractivity (Wildman–Crippen MR) is 92.0 cm³/mol. The summed E-state index contributed by atoms with van der Waals surface area (Å²) in [6.07, 6.45) is 3.81. The van der Waals surface area contributed by atoms with E-state index in [1.807, 2.05) is 0 Å². The summed E-state index contributed by atoms with van der Waals surface area (Å²) in [5, 5.41) is 11.8. The van der Waals surface area contributed by atoms with E-state index in [2.05, 4.69) is 20.5 Å². The van der Waals surface area contributed by atoms with E-state index in [0.29, 0.717) is 12.6 Å². The first-order valence-electron chi connectivity index (χ1n) is 7.78. The Labute approximate surface area is 141 Å². The van der Waals surface area contributed by atoms with Crippen molar-refractivity contribution in [2.45, 2.75) is 42.1 Å². The van der Waals surface area contributed by atoms with E-state index in [4.69, 9.17) is 5.14 Å². The van der Waals surface area contributed by atoms with Gasteiger partial charge in [-0.15, -0.1) is 11.3 Å². The lowest BCUT2D eigenvalue weighted by Crippen LogP contribution is -2.44. The van der Waals surface area contributed by atoms with Gasteiger partial charge >= 0.3 is 0 Å². The van der Waals surface area contributed by atoms with Crippen molar-refractivity contribution in [1.82, 2.24) is 15.5 Å². The van der Waals surface area contributed by atoms with Crippen LogP contribution in [0.2, 0.25) is 0 Å². The third kappa shape index (κ3) is 4.43. The lowest BCUT2D eigenvalue weighted by atomic mass is 10.3. The molecule has 4 N–H and O–H groups in total. The maximum Gasteiger partial charge on any atom is 0.247 e. The zero-order valence-corrected chi connectivity index (χ0v) is 14.8. The molecule has 0 spiro atoms. The molecule has 2 fully saturated rings. The molecule has 1 aliphatic heterocycles. The van der Waals surface area contributed by atoms with E-state index in [-0.39, 0.29) is 4.21 Å². The van der Waals surface area contributed by atoms with E-state index in [0.717, 1.165) is 36.4 Å². The maximum absolute atomic E-state index is 11.3. The molecule has 7 nitrogen and oxygen atoms in total. The minimum Gasteiger partial charge on any atom is -0.352 e. The second-order valence-electron chi connectivity index (χ2n) is 6.05. The smallest absolute Gasteiger partial charge is 0.247 e. The highest BCUT2D eigenvalue weighted by Crippen LogP contribution is 2.29. The van der Waals surface area contributed by atoms with Crippen LogP contribution in [0.25, 0.3) is 0 Å². The molecule has 3 rings (SSSR count). The van der Waals surface area contributed by atoms with Crippen LogP contribution in [-0.2, 0) is 16.6 Å². The van der Waals surface area contributed by atoms with Crippen LogP contribution >= 0.6 is 11.3 Å². The minimum atomic E-state index is -3.61. The molecule has 1 aromatic heterocycles. The van der Waals surface area contributed by atoms with Gasteiger partial charge in [0.05, 0.1) is 6.54 Å². The summed E-state index contributed by atoms with van der Waals surface area (Å²) >= 11 is 1.18. The van der Waals surface area contributed by atoms with Crippen LogP contribution in [0, 0.1) is 0 Å². The standard InChI is InChI=1S/C14H23N5O2S2/c1-16-14(18-10-6-7-19(9-10)11-2-3-11)17-8-12-4-5-13(22-12)23(15,20)21/h4-5,10-11H,2-3,6-9H2,1H3,(H2,15,20,21)(H2,16,17,18). The highest BCUT2D eigenvalue weighted by Gasteiger charge is 2.34. The van der Waals surface area contributed by atoms with Gasteiger partial charge in [0.2, 0.25) is 10.0 Å². The first-order valence-corrected chi connectivity index (χ1v) is 10.1. The fourth-order valence-electron chi connectivity index (χ4n) is 2.84. The van der Waals surface area contributed by atoms with Gasteiger partial charge in [0, 0.05) is 37.1 Å². The van der Waals surface area contributed by atoms with Crippen molar-refractivity contribution in [3.63, 3.8) is 0 Å². The number of sulfonamides is 1. The van der Waals surface area contributed by atoms with Gasteiger partial charge in [0.15, 0.2) is 5.96 Å². The summed E-state index contributed by atoms with van der Waals surface area (Å²) < 4.78 is 22.8. The molecule has 9 heteroatoms. The van der Waals surface area contributed by atoms with Crippen molar-refractivity contribution in [3.8, 4) is 0 Å². The highest BCUT2D eigenvalue weighted by atomic mass is 32.2. The number of likely N-dealkylation sites (tertiary alicyclic amines) is 1. The number of nitrogens with two attached hydrogens (primary N) is 1. The van der Waals surface area contributed by atoms with Crippen molar-refractivity contribution < 1.29 is 8.42 Å².